The monoisotopic (exact) mass is 307 g/mol. The van der Waals surface area contributed by atoms with Crippen molar-refractivity contribution in [2.75, 3.05) is 12.0 Å². The molecule has 1 N–H and O–H groups in total. The highest BCUT2D eigenvalue weighted by molar-refractivity contribution is 6.35. The van der Waals surface area contributed by atoms with Crippen LogP contribution in [0.15, 0.2) is 36.4 Å². The van der Waals surface area contributed by atoms with E-state index in [-0.39, 0.29) is 5.60 Å². The first-order chi connectivity index (χ1) is 9.45. The molecule has 0 aliphatic carbocycles. The van der Waals surface area contributed by atoms with Crippen LogP contribution >= 0.6 is 23.2 Å². The molecule has 0 atom stereocenters. The van der Waals surface area contributed by atoms with Gasteiger partial charge in [-0.25, -0.2) is 0 Å². The molecule has 20 heavy (non-hydrogen) atoms. The van der Waals surface area contributed by atoms with E-state index in [2.05, 4.69) is 37.4 Å². The van der Waals surface area contributed by atoms with Crippen molar-refractivity contribution in [3.8, 4) is 11.1 Å². The number of fused-ring (bicyclic) bond motifs is 1. The summed E-state index contributed by atoms with van der Waals surface area (Å²) >= 11 is 12.2. The third kappa shape index (κ3) is 2.51. The van der Waals surface area contributed by atoms with Crippen LogP contribution in [0.3, 0.4) is 0 Å². The van der Waals surface area contributed by atoms with Crippen LogP contribution in [0.2, 0.25) is 10.0 Å². The molecule has 2 aromatic rings. The van der Waals surface area contributed by atoms with Gasteiger partial charge in [0.1, 0.15) is 6.73 Å². The van der Waals surface area contributed by atoms with Gasteiger partial charge >= 0.3 is 0 Å². The molecule has 0 saturated heterocycles. The Morgan fingerprint density at radius 3 is 2.40 bits per heavy atom. The number of hydrogen-bond donors (Lipinski definition) is 1. The third-order valence-electron chi connectivity index (χ3n) is 3.56. The molecule has 0 fully saturated rings. The highest BCUT2D eigenvalue weighted by atomic mass is 35.5. The van der Waals surface area contributed by atoms with Gasteiger partial charge < -0.3 is 10.1 Å². The molecule has 0 saturated carbocycles. The van der Waals surface area contributed by atoms with Crippen molar-refractivity contribution in [3.63, 3.8) is 0 Å². The van der Waals surface area contributed by atoms with Crippen LogP contribution in [0.4, 0.5) is 5.69 Å². The van der Waals surface area contributed by atoms with E-state index >= 15 is 0 Å². The Morgan fingerprint density at radius 2 is 1.70 bits per heavy atom. The van der Waals surface area contributed by atoms with Crippen LogP contribution in [0.5, 0.6) is 0 Å². The summed E-state index contributed by atoms with van der Waals surface area (Å²) in [6.45, 7) is 4.67. The van der Waals surface area contributed by atoms with Crippen LogP contribution in [-0.2, 0) is 10.3 Å². The minimum absolute atomic E-state index is 0.307. The lowest BCUT2D eigenvalue weighted by Gasteiger charge is -2.34. The number of anilines is 1. The Labute approximate surface area is 128 Å². The fraction of sp³-hybridized carbons (Fsp3) is 0.250. The summed E-state index contributed by atoms with van der Waals surface area (Å²) in [4.78, 5) is 0. The van der Waals surface area contributed by atoms with E-state index in [1.807, 2.05) is 12.1 Å². The van der Waals surface area contributed by atoms with Crippen molar-refractivity contribution in [2.24, 2.45) is 0 Å². The van der Waals surface area contributed by atoms with Gasteiger partial charge in [-0.15, -0.1) is 0 Å². The molecule has 1 aliphatic heterocycles. The molecule has 4 heteroatoms. The molecule has 0 aromatic heterocycles. The normalized spacial score (nSPS) is 16.4. The van der Waals surface area contributed by atoms with Crippen molar-refractivity contribution < 1.29 is 4.74 Å². The Bertz CT molecular complexity index is 647. The minimum atomic E-state index is -0.307. The topological polar surface area (TPSA) is 21.3 Å². The first-order valence-electron chi connectivity index (χ1n) is 6.44. The van der Waals surface area contributed by atoms with Gasteiger partial charge in [-0.05, 0) is 55.3 Å². The minimum Gasteiger partial charge on any atom is -0.362 e. The van der Waals surface area contributed by atoms with E-state index in [0.29, 0.717) is 16.8 Å². The molecule has 2 aromatic carbocycles. The summed E-state index contributed by atoms with van der Waals surface area (Å²) in [5.74, 6) is 0. The molecule has 0 radical (unpaired) electrons. The van der Waals surface area contributed by atoms with Crippen LogP contribution in [0.1, 0.15) is 19.4 Å². The quantitative estimate of drug-likeness (QED) is 0.772. The number of halogens is 2. The van der Waals surface area contributed by atoms with Gasteiger partial charge in [0.2, 0.25) is 0 Å². The van der Waals surface area contributed by atoms with E-state index in [1.54, 1.807) is 6.07 Å². The number of hydrogen-bond acceptors (Lipinski definition) is 2. The van der Waals surface area contributed by atoms with E-state index < -0.39 is 0 Å². The zero-order valence-electron chi connectivity index (χ0n) is 11.3. The summed E-state index contributed by atoms with van der Waals surface area (Å²) in [6.07, 6.45) is 0. The Balaban J connectivity index is 2.12. The zero-order chi connectivity index (χ0) is 14.3. The first kappa shape index (κ1) is 13.7. The molecule has 104 valence electrons. The van der Waals surface area contributed by atoms with Crippen molar-refractivity contribution in [3.05, 3.63) is 52.0 Å². The van der Waals surface area contributed by atoms with Gasteiger partial charge in [-0.3, -0.25) is 0 Å². The molecular formula is C16H15Cl2NO. The van der Waals surface area contributed by atoms with Gasteiger partial charge in [0.05, 0.1) is 5.60 Å². The van der Waals surface area contributed by atoms with Crippen molar-refractivity contribution >= 4 is 28.9 Å². The average molecular weight is 308 g/mol. The fourth-order valence-corrected chi connectivity index (χ4v) is 2.99. The molecular weight excluding hydrogens is 293 g/mol. The van der Waals surface area contributed by atoms with Gasteiger partial charge in [-0.1, -0.05) is 29.3 Å². The Hall–Kier alpha value is -1.22. The molecule has 3 rings (SSSR count). The second kappa shape index (κ2) is 4.96. The van der Waals surface area contributed by atoms with Gasteiger partial charge in [0.25, 0.3) is 0 Å². The first-order valence-corrected chi connectivity index (χ1v) is 7.20. The summed E-state index contributed by atoms with van der Waals surface area (Å²) in [5.41, 5.74) is 4.02. The largest absolute Gasteiger partial charge is 0.362 e. The van der Waals surface area contributed by atoms with Crippen LogP contribution in [0, 0.1) is 0 Å². The lowest BCUT2D eigenvalue weighted by atomic mass is 9.91. The lowest BCUT2D eigenvalue weighted by Crippen LogP contribution is -2.31. The van der Waals surface area contributed by atoms with Crippen LogP contribution < -0.4 is 5.32 Å². The molecule has 0 unspecified atom stereocenters. The van der Waals surface area contributed by atoms with E-state index in [4.69, 9.17) is 27.9 Å². The number of ether oxygens (including phenoxy) is 1. The van der Waals surface area contributed by atoms with E-state index in [0.717, 1.165) is 22.4 Å². The van der Waals surface area contributed by atoms with E-state index in [9.17, 15) is 0 Å². The highest BCUT2D eigenvalue weighted by Gasteiger charge is 2.28. The molecule has 2 nitrogen and oxygen atoms in total. The van der Waals surface area contributed by atoms with Crippen molar-refractivity contribution in [2.45, 2.75) is 19.4 Å². The zero-order valence-corrected chi connectivity index (χ0v) is 12.8. The molecule has 0 spiro atoms. The van der Waals surface area contributed by atoms with Gasteiger partial charge in [0.15, 0.2) is 0 Å². The molecule has 0 bridgehead atoms. The predicted molar refractivity (Wildman–Crippen MR) is 84.5 cm³/mol. The fourth-order valence-electron chi connectivity index (χ4n) is 2.47. The van der Waals surface area contributed by atoms with Gasteiger partial charge in [-0.2, -0.15) is 0 Å². The predicted octanol–water partition coefficient (Wildman–Crippen LogP) is 5.30. The van der Waals surface area contributed by atoms with Crippen molar-refractivity contribution in [1.29, 1.82) is 0 Å². The maximum absolute atomic E-state index is 6.08. The smallest absolute Gasteiger partial charge is 0.117 e. The molecule has 0 amide bonds. The number of rotatable bonds is 1. The SMILES string of the molecule is CC1(C)OCNc2ccc(-c3cc(Cl)cc(Cl)c3)cc21. The highest BCUT2D eigenvalue weighted by Crippen LogP contribution is 2.38. The van der Waals surface area contributed by atoms with E-state index in [1.165, 1.54) is 0 Å². The Morgan fingerprint density at radius 1 is 1.00 bits per heavy atom. The lowest BCUT2D eigenvalue weighted by molar-refractivity contribution is -0.0178. The second-order valence-electron chi connectivity index (χ2n) is 5.39. The van der Waals surface area contributed by atoms with Crippen LogP contribution in [0.25, 0.3) is 11.1 Å². The second-order valence-corrected chi connectivity index (χ2v) is 6.27. The van der Waals surface area contributed by atoms with Crippen molar-refractivity contribution in [1.82, 2.24) is 0 Å². The number of nitrogens with one attached hydrogen (secondary N) is 1. The molecule has 1 aliphatic rings. The summed E-state index contributed by atoms with van der Waals surface area (Å²) in [5, 5.41) is 4.52. The van der Waals surface area contributed by atoms with Gasteiger partial charge in [0, 0.05) is 21.3 Å². The third-order valence-corrected chi connectivity index (χ3v) is 4.00. The molecule has 1 heterocycles. The maximum Gasteiger partial charge on any atom is 0.117 e. The Kier molecular flexibility index (Phi) is 3.41. The summed E-state index contributed by atoms with van der Waals surface area (Å²) in [7, 11) is 0. The number of benzene rings is 2. The standard InChI is InChI=1S/C16H15Cl2NO/c1-16(2)14-7-10(3-4-15(14)19-9-20-16)11-5-12(17)8-13(18)6-11/h3-8,19H,9H2,1-2H3. The maximum atomic E-state index is 6.08. The average Bonchev–Trinajstić information content (AvgIpc) is 2.37. The summed E-state index contributed by atoms with van der Waals surface area (Å²) < 4.78 is 5.77. The summed E-state index contributed by atoms with van der Waals surface area (Å²) in [6, 6.07) is 11.8. The van der Waals surface area contributed by atoms with Crippen LogP contribution in [-0.4, -0.2) is 6.73 Å².